The quantitative estimate of drug-likeness (QED) is 0.0871. The molecule has 0 radical (unpaired) electrons. The molecule has 0 rings (SSSR count). The van der Waals surface area contributed by atoms with Crippen LogP contribution in [-0.4, -0.2) is 33.9 Å². The van der Waals surface area contributed by atoms with Crippen LogP contribution in [0.4, 0.5) is 0 Å². The van der Waals surface area contributed by atoms with Crippen molar-refractivity contribution in [2.75, 3.05) is 0 Å². The summed E-state index contributed by atoms with van der Waals surface area (Å²) in [5.41, 5.74) is -2.04. The molecule has 0 aromatic heterocycles. The van der Waals surface area contributed by atoms with Gasteiger partial charge in [-0.2, -0.15) is 0 Å². The van der Waals surface area contributed by atoms with Crippen molar-refractivity contribution in [1.29, 1.82) is 0 Å². The molecule has 0 heterocycles. The maximum absolute atomic E-state index is 12.1. The Balaban J connectivity index is -0.00000144. The predicted octanol–water partition coefficient (Wildman–Crippen LogP) is 6.56. The van der Waals surface area contributed by atoms with Gasteiger partial charge < -0.3 is 10.2 Å². The summed E-state index contributed by atoms with van der Waals surface area (Å²) in [6.45, 7) is 14.7. The van der Waals surface area contributed by atoms with Crippen LogP contribution in [0.15, 0.2) is 25.3 Å². The molecule has 0 aliphatic heterocycles. The Morgan fingerprint density at radius 1 is 0.735 bits per heavy atom. The zero-order chi connectivity index (χ0) is 27.0. The van der Waals surface area contributed by atoms with Gasteiger partial charge in [-0.25, -0.2) is 0 Å². The maximum atomic E-state index is 12.1. The van der Waals surface area contributed by atoms with Crippen molar-refractivity contribution >= 4 is 17.5 Å². The Bertz CT molecular complexity index is 549. The first kappa shape index (κ1) is 37.3. The third-order valence-electron chi connectivity index (χ3n) is 5.41. The van der Waals surface area contributed by atoms with Gasteiger partial charge in [0, 0.05) is 6.10 Å². The number of hydrogen-bond acceptors (Lipinski definition) is 5. The molecule has 2 N–H and O–H groups in total. The van der Waals surface area contributed by atoms with Crippen LogP contribution >= 0.6 is 0 Å². The number of aliphatic carboxylic acids is 1. The minimum atomic E-state index is -2.04. The SMILES string of the molecule is C=CC(=O)C(CCCCCCCCCCCCCC(C)C)(C(=O)O)C(=O)C=C.CC(C)O.[O]=[Ti]. The molecule has 0 bridgehead atoms. The molecule has 0 aromatic rings. The number of allylic oxidation sites excluding steroid dienone is 2. The molecule has 0 fully saturated rings. The topological polar surface area (TPSA) is 109 Å². The Kier molecular flexibility index (Phi) is 27.3. The van der Waals surface area contributed by atoms with E-state index in [9.17, 15) is 19.5 Å². The van der Waals surface area contributed by atoms with E-state index in [0.29, 0.717) is 6.42 Å². The zero-order valence-electron chi connectivity index (χ0n) is 21.9. The summed E-state index contributed by atoms with van der Waals surface area (Å²) >= 11 is 0.750. The van der Waals surface area contributed by atoms with Crippen molar-refractivity contribution in [1.82, 2.24) is 0 Å². The summed E-state index contributed by atoms with van der Waals surface area (Å²) in [4.78, 5) is 35.8. The fraction of sp³-hybridized carbons (Fsp3) is 0.741. The predicted molar refractivity (Wildman–Crippen MR) is 133 cm³/mol. The van der Waals surface area contributed by atoms with Crippen LogP contribution in [0.1, 0.15) is 111 Å². The van der Waals surface area contributed by atoms with Gasteiger partial charge in [-0.1, -0.05) is 104 Å². The van der Waals surface area contributed by atoms with E-state index in [0.717, 1.165) is 57.7 Å². The number of unbranched alkanes of at least 4 members (excludes halogenated alkanes) is 10. The van der Waals surface area contributed by atoms with Crippen LogP contribution < -0.4 is 0 Å². The van der Waals surface area contributed by atoms with Crippen LogP contribution in [-0.2, 0) is 38.1 Å². The van der Waals surface area contributed by atoms with E-state index in [4.69, 9.17) is 8.43 Å². The Morgan fingerprint density at radius 2 is 1.03 bits per heavy atom. The first-order valence-electron chi connectivity index (χ1n) is 12.5. The van der Waals surface area contributed by atoms with Crippen molar-refractivity contribution in [2.24, 2.45) is 11.3 Å². The van der Waals surface area contributed by atoms with Crippen molar-refractivity contribution in [3.05, 3.63) is 25.3 Å². The molecule has 0 unspecified atom stereocenters. The van der Waals surface area contributed by atoms with Gasteiger partial charge in [0.25, 0.3) is 0 Å². The van der Waals surface area contributed by atoms with E-state index in [-0.39, 0.29) is 12.5 Å². The number of ketones is 2. The van der Waals surface area contributed by atoms with Crippen molar-refractivity contribution in [3.63, 3.8) is 0 Å². The van der Waals surface area contributed by atoms with E-state index in [1.165, 1.54) is 51.4 Å². The molecule has 6 nitrogen and oxygen atoms in total. The summed E-state index contributed by atoms with van der Waals surface area (Å²) in [6.07, 6.45) is 15.5. The van der Waals surface area contributed by atoms with E-state index < -0.39 is 23.0 Å². The Labute approximate surface area is 219 Å². The molecule has 0 aliphatic carbocycles. The second-order valence-electron chi connectivity index (χ2n) is 9.26. The van der Waals surface area contributed by atoms with Gasteiger partial charge in [0.1, 0.15) is 0 Å². The summed E-state index contributed by atoms with van der Waals surface area (Å²) in [5, 5.41) is 17.5. The van der Waals surface area contributed by atoms with E-state index in [1.807, 2.05) is 0 Å². The van der Waals surface area contributed by atoms with E-state index in [1.54, 1.807) is 13.8 Å². The summed E-state index contributed by atoms with van der Waals surface area (Å²) in [7, 11) is 0. The summed E-state index contributed by atoms with van der Waals surface area (Å²) in [5.74, 6) is -2.10. The van der Waals surface area contributed by atoms with Gasteiger partial charge in [-0.15, -0.1) is 0 Å². The number of hydrogen-bond donors (Lipinski definition) is 2. The molecule has 7 heteroatoms. The van der Waals surface area contributed by atoms with Gasteiger partial charge in [0.2, 0.25) is 0 Å². The average Bonchev–Trinajstić information content (AvgIpc) is 2.79. The molecular weight excluding hydrogens is 468 g/mol. The fourth-order valence-electron chi connectivity index (χ4n) is 3.57. The average molecular weight is 517 g/mol. The van der Waals surface area contributed by atoms with E-state index in [2.05, 4.69) is 27.0 Å². The Hall–Kier alpha value is -1.24. The standard InChI is InChI=1S/C24H40O4.C3H8O.O.Ti/c1-5-21(25)24(23(27)28,22(26)6-2)19-17-15-13-11-9-7-8-10-12-14-16-18-20(3)4;1-3(2)4;;/h5-6,20H,1-2,7-19H2,3-4H3,(H,27,28);3-4H,1-2H3;;. The van der Waals surface area contributed by atoms with Gasteiger partial charge >= 0.3 is 29.7 Å². The van der Waals surface area contributed by atoms with Crippen LogP contribution in [0.25, 0.3) is 0 Å². The molecule has 0 saturated carbocycles. The van der Waals surface area contributed by atoms with E-state index >= 15 is 0 Å². The van der Waals surface area contributed by atoms with Crippen LogP contribution in [0.5, 0.6) is 0 Å². The monoisotopic (exact) mass is 516 g/mol. The third-order valence-corrected chi connectivity index (χ3v) is 5.41. The summed E-state index contributed by atoms with van der Waals surface area (Å²) in [6, 6.07) is 0. The third kappa shape index (κ3) is 19.1. The number of carbonyl (C=O) groups excluding carboxylic acids is 2. The fourth-order valence-corrected chi connectivity index (χ4v) is 3.57. The van der Waals surface area contributed by atoms with Crippen molar-refractivity contribution in [3.8, 4) is 0 Å². The van der Waals surface area contributed by atoms with Crippen LogP contribution in [0, 0.1) is 11.3 Å². The minimum absolute atomic E-state index is 0.00835. The van der Waals surface area contributed by atoms with Gasteiger partial charge in [0.15, 0.2) is 17.0 Å². The molecule has 0 aromatic carbocycles. The number of rotatable bonds is 19. The van der Waals surface area contributed by atoms with Crippen molar-refractivity contribution < 1.29 is 48.3 Å². The Morgan fingerprint density at radius 3 is 1.29 bits per heavy atom. The van der Waals surface area contributed by atoms with Gasteiger partial charge in [-0.3, -0.25) is 14.4 Å². The molecule has 0 atom stereocenters. The van der Waals surface area contributed by atoms with Crippen LogP contribution in [0.2, 0.25) is 0 Å². The number of aliphatic hydroxyl groups excluding tert-OH is 1. The second kappa shape index (κ2) is 24.9. The molecular formula is C27H48O6Ti. The van der Waals surface area contributed by atoms with Crippen LogP contribution in [0.3, 0.4) is 0 Å². The summed E-state index contributed by atoms with van der Waals surface area (Å²) < 4.78 is 8.25. The van der Waals surface area contributed by atoms with Gasteiger partial charge in [0.05, 0.1) is 0 Å². The second-order valence-corrected chi connectivity index (χ2v) is 9.26. The molecule has 0 spiro atoms. The first-order valence-corrected chi connectivity index (χ1v) is 13.2. The molecule has 196 valence electrons. The normalized spacial score (nSPS) is 10.5. The first-order chi connectivity index (χ1) is 16.1. The molecule has 34 heavy (non-hydrogen) atoms. The number of carboxylic acid groups (broad SMARTS) is 1. The number of aliphatic hydroxyl groups is 1. The molecule has 0 aliphatic rings. The van der Waals surface area contributed by atoms with Gasteiger partial charge in [-0.05, 0) is 38.3 Å². The molecule has 0 saturated heterocycles. The van der Waals surface area contributed by atoms with Crippen molar-refractivity contribution in [2.45, 2.75) is 117 Å². The zero-order valence-corrected chi connectivity index (χ0v) is 23.5. The number of carbonyl (C=O) groups is 3. The molecule has 0 amide bonds. The number of carboxylic acids is 1.